The summed E-state index contributed by atoms with van der Waals surface area (Å²) in [6.45, 7) is 2.11. The Kier molecular flexibility index (Phi) is 6.08. The lowest BCUT2D eigenvalue weighted by atomic mass is 10.0. The van der Waals surface area contributed by atoms with Gasteiger partial charge in [-0.2, -0.15) is 0 Å². The summed E-state index contributed by atoms with van der Waals surface area (Å²) in [5.41, 5.74) is 3.00. The number of carbonyl (C=O) groups excluding carboxylic acids is 1. The number of amidine groups is 1. The van der Waals surface area contributed by atoms with Crippen LogP contribution in [0.3, 0.4) is 0 Å². The van der Waals surface area contributed by atoms with Crippen LogP contribution in [-0.2, 0) is 20.7 Å². The van der Waals surface area contributed by atoms with Crippen LogP contribution in [0.2, 0.25) is 0 Å². The van der Waals surface area contributed by atoms with Gasteiger partial charge in [-0.3, -0.25) is 4.79 Å². The maximum absolute atomic E-state index is 12.2. The zero-order valence-corrected chi connectivity index (χ0v) is 15.9. The van der Waals surface area contributed by atoms with E-state index in [0.717, 1.165) is 17.7 Å². The van der Waals surface area contributed by atoms with E-state index in [2.05, 4.69) is 17.2 Å². The number of hydrogen-bond acceptors (Lipinski definition) is 5. The topological polar surface area (TPSA) is 59.9 Å². The van der Waals surface area contributed by atoms with Gasteiger partial charge in [0.2, 0.25) is 0 Å². The van der Waals surface area contributed by atoms with Crippen molar-refractivity contribution in [1.82, 2.24) is 5.32 Å². The summed E-state index contributed by atoms with van der Waals surface area (Å²) in [5, 5.41) is 3.40. The monoisotopic (exact) mass is 370 g/mol. The van der Waals surface area contributed by atoms with Crippen LogP contribution in [0.1, 0.15) is 12.5 Å². The molecular weight excluding hydrogens is 348 g/mol. The first kappa shape index (κ1) is 18.6. The molecule has 1 aromatic rings. The molecule has 6 heteroatoms. The van der Waals surface area contributed by atoms with Crippen LogP contribution in [0.25, 0.3) is 0 Å². The fourth-order valence-corrected chi connectivity index (χ4v) is 3.56. The first-order chi connectivity index (χ1) is 12.6. The number of aryl methyl sites for hydroxylation is 1. The van der Waals surface area contributed by atoms with Crippen LogP contribution >= 0.6 is 11.8 Å². The lowest BCUT2D eigenvalue weighted by molar-refractivity contribution is -0.115. The average molecular weight is 370 g/mol. The molecule has 3 rings (SSSR count). The van der Waals surface area contributed by atoms with Gasteiger partial charge in [0.05, 0.1) is 10.6 Å². The molecule has 1 fully saturated rings. The number of nitrogens with one attached hydrogen (secondary N) is 1. The van der Waals surface area contributed by atoms with E-state index in [1.54, 1.807) is 14.2 Å². The Morgan fingerprint density at radius 3 is 2.58 bits per heavy atom. The number of nitrogens with zero attached hydrogens (tertiary/aromatic N) is 1. The largest absolute Gasteiger partial charge is 0.374 e. The van der Waals surface area contributed by atoms with Gasteiger partial charge in [0.25, 0.3) is 5.91 Å². The van der Waals surface area contributed by atoms with Crippen molar-refractivity contribution in [2.45, 2.75) is 25.6 Å². The summed E-state index contributed by atoms with van der Waals surface area (Å²) in [6, 6.07) is 8.01. The van der Waals surface area contributed by atoms with Crippen molar-refractivity contribution in [2.24, 2.45) is 4.99 Å². The third kappa shape index (κ3) is 4.33. The van der Waals surface area contributed by atoms with Crippen molar-refractivity contribution in [2.75, 3.05) is 14.2 Å². The number of allylic oxidation sites excluding steroid dienone is 3. The molecule has 0 radical (unpaired) electrons. The van der Waals surface area contributed by atoms with E-state index in [0.29, 0.717) is 10.1 Å². The van der Waals surface area contributed by atoms with Gasteiger partial charge in [-0.15, -0.1) is 0 Å². The van der Waals surface area contributed by atoms with Crippen molar-refractivity contribution in [1.29, 1.82) is 0 Å². The number of ether oxygens (including phenoxy) is 2. The van der Waals surface area contributed by atoms with E-state index in [1.165, 1.54) is 17.3 Å². The van der Waals surface area contributed by atoms with Gasteiger partial charge in [0, 0.05) is 14.2 Å². The molecule has 26 heavy (non-hydrogen) atoms. The van der Waals surface area contributed by atoms with Crippen LogP contribution < -0.4 is 5.32 Å². The van der Waals surface area contributed by atoms with E-state index in [1.807, 2.05) is 48.6 Å². The predicted molar refractivity (Wildman–Crippen MR) is 106 cm³/mol. The summed E-state index contributed by atoms with van der Waals surface area (Å²) >= 11 is 1.34. The first-order valence-corrected chi connectivity index (χ1v) is 9.28. The van der Waals surface area contributed by atoms with Crippen molar-refractivity contribution < 1.29 is 14.3 Å². The van der Waals surface area contributed by atoms with Gasteiger partial charge in [-0.05, 0) is 53.6 Å². The minimum absolute atomic E-state index is 0.115. The minimum Gasteiger partial charge on any atom is -0.374 e. The molecule has 0 saturated carbocycles. The van der Waals surface area contributed by atoms with E-state index in [-0.39, 0.29) is 18.1 Å². The number of thioether (sulfide) groups is 1. The molecule has 1 aliphatic heterocycles. The van der Waals surface area contributed by atoms with Gasteiger partial charge < -0.3 is 14.8 Å². The van der Waals surface area contributed by atoms with Crippen LogP contribution in [0.4, 0.5) is 5.69 Å². The molecule has 1 heterocycles. The highest BCUT2D eigenvalue weighted by Crippen LogP contribution is 2.28. The zero-order chi connectivity index (χ0) is 18.5. The summed E-state index contributed by atoms with van der Waals surface area (Å²) in [4.78, 5) is 17.3. The fourth-order valence-electron chi connectivity index (χ4n) is 2.72. The second kappa shape index (κ2) is 8.49. The highest BCUT2D eigenvalue weighted by atomic mass is 32.2. The lowest BCUT2D eigenvalue weighted by Crippen LogP contribution is -2.28. The number of hydrogen-bond donors (Lipinski definition) is 1. The van der Waals surface area contributed by atoms with Gasteiger partial charge in [-0.25, -0.2) is 4.99 Å². The standard InChI is InChI=1S/C20H22N2O3S/c1-4-13-5-8-15(9-6-13)21-20-22-19(23)18(26-20)12-14-7-10-16(24-2)17(11-14)25-3/h5-12,16-17H,4H2,1-3H3,(H,21,22,23)/b18-12-. The molecule has 5 nitrogen and oxygen atoms in total. The fraction of sp³-hybridized carbons (Fsp3) is 0.300. The number of amides is 1. The Bertz CT molecular complexity index is 794. The SMILES string of the molecule is CCc1ccc(N=C2NC(=O)/C(=C/C3=CC(OC)C(OC)C=C3)S2)cc1. The Balaban J connectivity index is 1.75. The smallest absolute Gasteiger partial charge is 0.264 e. The van der Waals surface area contributed by atoms with E-state index in [9.17, 15) is 4.79 Å². The quantitative estimate of drug-likeness (QED) is 0.806. The molecule has 0 aromatic heterocycles. The number of methoxy groups -OCH3 is 2. The van der Waals surface area contributed by atoms with Crippen LogP contribution in [0.15, 0.2) is 64.0 Å². The maximum atomic E-state index is 12.2. The summed E-state index contributed by atoms with van der Waals surface area (Å²) in [5.74, 6) is -0.143. The second-order valence-corrected chi connectivity index (χ2v) is 6.96. The highest BCUT2D eigenvalue weighted by Gasteiger charge is 2.25. The summed E-state index contributed by atoms with van der Waals surface area (Å²) in [6.07, 6.45) is 8.37. The first-order valence-electron chi connectivity index (χ1n) is 8.47. The number of aliphatic imine (C=N–C) groups is 1. The highest BCUT2D eigenvalue weighted by molar-refractivity contribution is 8.18. The van der Waals surface area contributed by atoms with E-state index >= 15 is 0 Å². The van der Waals surface area contributed by atoms with Crippen molar-refractivity contribution in [3.05, 3.63) is 64.6 Å². The zero-order valence-electron chi connectivity index (χ0n) is 15.1. The van der Waals surface area contributed by atoms with Gasteiger partial charge in [0.15, 0.2) is 5.17 Å². The Labute approximate surface area is 157 Å². The lowest BCUT2D eigenvalue weighted by Gasteiger charge is -2.22. The summed E-state index contributed by atoms with van der Waals surface area (Å²) in [7, 11) is 3.29. The molecule has 1 aromatic carbocycles. The minimum atomic E-state index is -0.170. The molecule has 1 N–H and O–H groups in total. The van der Waals surface area contributed by atoms with Crippen molar-refractivity contribution in [3.8, 4) is 0 Å². The third-order valence-electron chi connectivity index (χ3n) is 4.23. The maximum Gasteiger partial charge on any atom is 0.264 e. The normalized spacial score (nSPS) is 25.7. The van der Waals surface area contributed by atoms with Gasteiger partial charge in [-0.1, -0.05) is 31.2 Å². The van der Waals surface area contributed by atoms with E-state index < -0.39 is 0 Å². The molecule has 2 atom stereocenters. The second-order valence-electron chi connectivity index (χ2n) is 5.93. The predicted octanol–water partition coefficient (Wildman–Crippen LogP) is 3.51. The average Bonchev–Trinajstić information content (AvgIpc) is 3.01. The Morgan fingerprint density at radius 1 is 1.19 bits per heavy atom. The molecule has 1 saturated heterocycles. The Hall–Kier alpha value is -2.15. The van der Waals surface area contributed by atoms with Gasteiger partial charge in [0.1, 0.15) is 12.2 Å². The van der Waals surface area contributed by atoms with Crippen molar-refractivity contribution >= 4 is 28.5 Å². The molecule has 2 unspecified atom stereocenters. The van der Waals surface area contributed by atoms with Crippen molar-refractivity contribution in [3.63, 3.8) is 0 Å². The molecule has 136 valence electrons. The van der Waals surface area contributed by atoms with Gasteiger partial charge >= 0.3 is 0 Å². The Morgan fingerprint density at radius 2 is 1.92 bits per heavy atom. The summed E-state index contributed by atoms with van der Waals surface area (Å²) < 4.78 is 10.8. The number of rotatable bonds is 5. The molecule has 1 aliphatic carbocycles. The van der Waals surface area contributed by atoms with Crippen LogP contribution in [0, 0.1) is 0 Å². The third-order valence-corrected chi connectivity index (χ3v) is 5.14. The molecule has 0 spiro atoms. The van der Waals surface area contributed by atoms with E-state index in [4.69, 9.17) is 9.47 Å². The van der Waals surface area contributed by atoms with Crippen LogP contribution in [-0.4, -0.2) is 37.5 Å². The molecule has 1 amide bonds. The molecule has 0 bridgehead atoms. The molecule has 2 aliphatic rings. The van der Waals surface area contributed by atoms with Crippen LogP contribution in [0.5, 0.6) is 0 Å². The number of carbonyl (C=O) groups is 1. The molecular formula is C20H22N2O3S. The number of benzene rings is 1.